The van der Waals surface area contributed by atoms with Crippen LogP contribution in [0.4, 0.5) is 4.39 Å². The van der Waals surface area contributed by atoms with Crippen molar-refractivity contribution in [3.8, 4) is 17.2 Å². The van der Waals surface area contributed by atoms with E-state index in [0.717, 1.165) is 17.7 Å². The van der Waals surface area contributed by atoms with Gasteiger partial charge in [-0.15, -0.1) is 0 Å². The minimum Gasteiger partial charge on any atom is -0.507 e. The van der Waals surface area contributed by atoms with Crippen LogP contribution in [0.15, 0.2) is 36.4 Å². The van der Waals surface area contributed by atoms with Gasteiger partial charge in [0.25, 0.3) is 0 Å². The number of carbonyl (C=O) groups excluding carboxylic acids is 1. The van der Waals surface area contributed by atoms with Crippen molar-refractivity contribution in [3.05, 3.63) is 53.3 Å². The van der Waals surface area contributed by atoms with Crippen LogP contribution in [0.2, 0.25) is 0 Å². The molecule has 0 unspecified atom stereocenters. The number of ketones is 1. The number of hydrogen-bond donors (Lipinski definition) is 1. The lowest BCUT2D eigenvalue weighted by Gasteiger charge is -2.10. The molecule has 2 aromatic carbocycles. The van der Waals surface area contributed by atoms with E-state index in [9.17, 15) is 14.3 Å². The van der Waals surface area contributed by atoms with E-state index in [2.05, 4.69) is 0 Å². The Morgan fingerprint density at radius 1 is 1.14 bits per heavy atom. The summed E-state index contributed by atoms with van der Waals surface area (Å²) in [4.78, 5) is 12.3. The summed E-state index contributed by atoms with van der Waals surface area (Å²) in [6.45, 7) is 0. The van der Waals surface area contributed by atoms with Gasteiger partial charge < -0.3 is 14.6 Å². The molecular weight excluding hydrogens is 275 g/mol. The van der Waals surface area contributed by atoms with E-state index in [0.29, 0.717) is 5.75 Å². The van der Waals surface area contributed by atoms with Crippen LogP contribution < -0.4 is 9.47 Å². The first-order chi connectivity index (χ1) is 10.0. The summed E-state index contributed by atoms with van der Waals surface area (Å²) in [5.74, 6) is -0.732. The molecule has 0 aliphatic rings. The fraction of sp³-hybridized carbons (Fsp3) is 0.188. The number of phenols is 1. The minimum absolute atomic E-state index is 0.0188. The maximum Gasteiger partial charge on any atom is 0.174 e. The maximum atomic E-state index is 13.2. The van der Waals surface area contributed by atoms with E-state index in [4.69, 9.17) is 9.47 Å². The molecule has 110 valence electrons. The molecule has 0 radical (unpaired) electrons. The second-order valence-corrected chi connectivity index (χ2v) is 4.45. The van der Waals surface area contributed by atoms with Crippen molar-refractivity contribution in [2.24, 2.45) is 0 Å². The van der Waals surface area contributed by atoms with Crippen LogP contribution in [-0.2, 0) is 6.42 Å². The number of carbonyl (C=O) groups is 1. The number of ether oxygens (including phenoxy) is 2. The molecule has 0 aromatic heterocycles. The van der Waals surface area contributed by atoms with Gasteiger partial charge in [0.2, 0.25) is 0 Å². The minimum atomic E-state index is -0.662. The molecule has 0 saturated carbocycles. The van der Waals surface area contributed by atoms with E-state index in [1.54, 1.807) is 31.4 Å². The second kappa shape index (κ2) is 6.26. The largest absolute Gasteiger partial charge is 0.507 e. The van der Waals surface area contributed by atoms with Gasteiger partial charge in [-0.05, 0) is 17.7 Å². The molecule has 0 heterocycles. The van der Waals surface area contributed by atoms with Gasteiger partial charge in [-0.2, -0.15) is 0 Å². The standard InChI is InChI=1S/C16H15FO4/c1-20-12-5-3-10(4-6-12)7-13(18)16-14(19)8-11(17)9-15(16)21-2/h3-6,8-9,19H,7H2,1-2H3. The first-order valence-electron chi connectivity index (χ1n) is 6.27. The number of Topliss-reactive ketones (excluding diaryl/α,β-unsaturated/α-hetero) is 1. The van der Waals surface area contributed by atoms with Gasteiger partial charge in [0, 0.05) is 18.6 Å². The van der Waals surface area contributed by atoms with Gasteiger partial charge in [-0.1, -0.05) is 12.1 Å². The van der Waals surface area contributed by atoms with Crippen LogP contribution in [0.25, 0.3) is 0 Å². The van der Waals surface area contributed by atoms with Crippen LogP contribution in [0.1, 0.15) is 15.9 Å². The number of phenolic OH excluding ortho intramolecular Hbond substituents is 1. The Bertz CT molecular complexity index is 650. The average molecular weight is 290 g/mol. The quantitative estimate of drug-likeness (QED) is 0.860. The van der Waals surface area contributed by atoms with E-state index in [1.807, 2.05) is 0 Å². The van der Waals surface area contributed by atoms with E-state index >= 15 is 0 Å². The predicted octanol–water partition coefficient (Wildman–Crippen LogP) is 2.97. The Labute approximate surface area is 121 Å². The van der Waals surface area contributed by atoms with E-state index in [1.165, 1.54) is 7.11 Å². The topological polar surface area (TPSA) is 55.8 Å². The van der Waals surface area contributed by atoms with Crippen molar-refractivity contribution in [2.75, 3.05) is 14.2 Å². The monoisotopic (exact) mass is 290 g/mol. The van der Waals surface area contributed by atoms with Gasteiger partial charge >= 0.3 is 0 Å². The van der Waals surface area contributed by atoms with Crippen molar-refractivity contribution >= 4 is 5.78 Å². The molecule has 5 heteroatoms. The molecule has 21 heavy (non-hydrogen) atoms. The van der Waals surface area contributed by atoms with Crippen LogP contribution in [-0.4, -0.2) is 25.1 Å². The van der Waals surface area contributed by atoms with Crippen molar-refractivity contribution in [2.45, 2.75) is 6.42 Å². The van der Waals surface area contributed by atoms with Gasteiger partial charge in [-0.3, -0.25) is 4.79 Å². The van der Waals surface area contributed by atoms with Crippen LogP contribution in [0, 0.1) is 5.82 Å². The zero-order valence-corrected chi connectivity index (χ0v) is 11.7. The number of halogens is 1. The fourth-order valence-electron chi connectivity index (χ4n) is 2.03. The summed E-state index contributed by atoms with van der Waals surface area (Å²) in [7, 11) is 2.87. The molecule has 0 aliphatic carbocycles. The van der Waals surface area contributed by atoms with E-state index < -0.39 is 11.6 Å². The number of methoxy groups -OCH3 is 2. The zero-order chi connectivity index (χ0) is 15.4. The number of rotatable bonds is 5. The highest BCUT2D eigenvalue weighted by molar-refractivity contribution is 6.02. The van der Waals surface area contributed by atoms with Crippen molar-refractivity contribution in [3.63, 3.8) is 0 Å². The third-order valence-corrected chi connectivity index (χ3v) is 3.07. The first-order valence-corrected chi connectivity index (χ1v) is 6.27. The van der Waals surface area contributed by atoms with Crippen molar-refractivity contribution in [1.82, 2.24) is 0 Å². The summed E-state index contributed by atoms with van der Waals surface area (Å²) in [5.41, 5.74) is 0.737. The summed E-state index contributed by atoms with van der Waals surface area (Å²) < 4.78 is 23.2. The normalized spacial score (nSPS) is 10.2. The molecule has 0 atom stereocenters. The van der Waals surface area contributed by atoms with Crippen LogP contribution in [0.5, 0.6) is 17.2 Å². The lowest BCUT2D eigenvalue weighted by molar-refractivity contribution is 0.0987. The molecule has 2 aromatic rings. The average Bonchev–Trinajstić information content (AvgIpc) is 2.46. The second-order valence-electron chi connectivity index (χ2n) is 4.45. The SMILES string of the molecule is COc1ccc(CC(=O)c2c(O)cc(F)cc2OC)cc1. The van der Waals surface area contributed by atoms with Gasteiger partial charge in [0.05, 0.1) is 14.2 Å². The molecule has 0 amide bonds. The first kappa shape index (κ1) is 14.8. The number of aromatic hydroxyl groups is 1. The fourth-order valence-corrected chi connectivity index (χ4v) is 2.03. The number of hydrogen-bond acceptors (Lipinski definition) is 4. The summed E-state index contributed by atoms with van der Waals surface area (Å²) >= 11 is 0. The zero-order valence-electron chi connectivity index (χ0n) is 11.7. The van der Waals surface area contributed by atoms with Gasteiger partial charge in [0.15, 0.2) is 5.78 Å². The lowest BCUT2D eigenvalue weighted by Crippen LogP contribution is -2.07. The highest BCUT2D eigenvalue weighted by Crippen LogP contribution is 2.30. The summed E-state index contributed by atoms with van der Waals surface area (Å²) in [6.07, 6.45) is 0.0690. The molecule has 2 rings (SSSR count). The smallest absolute Gasteiger partial charge is 0.174 e. The maximum absolute atomic E-state index is 13.2. The summed E-state index contributed by atoms with van der Waals surface area (Å²) in [6, 6.07) is 8.95. The third-order valence-electron chi connectivity index (χ3n) is 3.07. The molecule has 0 bridgehead atoms. The Morgan fingerprint density at radius 2 is 1.81 bits per heavy atom. The third kappa shape index (κ3) is 3.31. The van der Waals surface area contributed by atoms with E-state index in [-0.39, 0.29) is 23.5 Å². The van der Waals surface area contributed by atoms with Gasteiger partial charge in [-0.25, -0.2) is 4.39 Å². The predicted molar refractivity (Wildman–Crippen MR) is 75.6 cm³/mol. The van der Waals surface area contributed by atoms with Crippen LogP contribution in [0.3, 0.4) is 0 Å². The molecule has 1 N–H and O–H groups in total. The highest BCUT2D eigenvalue weighted by Gasteiger charge is 2.19. The lowest BCUT2D eigenvalue weighted by atomic mass is 10.0. The Balaban J connectivity index is 2.27. The Kier molecular flexibility index (Phi) is 4.42. The molecule has 0 spiro atoms. The Morgan fingerprint density at radius 3 is 2.38 bits per heavy atom. The number of benzene rings is 2. The molecule has 4 nitrogen and oxygen atoms in total. The summed E-state index contributed by atoms with van der Waals surface area (Å²) in [5, 5.41) is 9.77. The van der Waals surface area contributed by atoms with Crippen molar-refractivity contribution < 1.29 is 23.8 Å². The Hall–Kier alpha value is -2.56. The molecule has 0 fully saturated rings. The molecular formula is C16H15FO4. The van der Waals surface area contributed by atoms with Gasteiger partial charge in [0.1, 0.15) is 28.6 Å². The highest BCUT2D eigenvalue weighted by atomic mass is 19.1. The molecule has 0 aliphatic heterocycles. The van der Waals surface area contributed by atoms with Crippen molar-refractivity contribution in [1.29, 1.82) is 0 Å². The molecule has 0 saturated heterocycles. The van der Waals surface area contributed by atoms with Crippen LogP contribution >= 0.6 is 0 Å².